The van der Waals surface area contributed by atoms with Gasteiger partial charge in [-0.15, -0.1) is 0 Å². The Labute approximate surface area is 145 Å². The lowest BCUT2D eigenvalue weighted by Crippen LogP contribution is -2.23. The van der Waals surface area contributed by atoms with Crippen LogP contribution in [0.3, 0.4) is 0 Å². The molecule has 1 aliphatic rings. The van der Waals surface area contributed by atoms with E-state index in [2.05, 4.69) is 0 Å². The number of rotatable bonds is 4. The fraction of sp³-hybridized carbons (Fsp3) is 0.238. The highest BCUT2D eigenvalue weighted by atomic mass is 16.5. The number of ether oxygens (including phenoxy) is 1. The van der Waals surface area contributed by atoms with Gasteiger partial charge in [0, 0.05) is 22.6 Å². The smallest absolute Gasteiger partial charge is 0.339 e. The van der Waals surface area contributed by atoms with Gasteiger partial charge in [0.15, 0.2) is 6.10 Å². The average molecular weight is 334 g/mol. The first-order valence-corrected chi connectivity index (χ1v) is 8.48. The number of ketones is 1. The van der Waals surface area contributed by atoms with E-state index in [4.69, 9.17) is 9.15 Å². The molecular weight excluding hydrogens is 316 g/mol. The molecule has 0 radical (unpaired) electrons. The molecule has 0 saturated carbocycles. The van der Waals surface area contributed by atoms with Gasteiger partial charge in [-0.2, -0.15) is 0 Å². The van der Waals surface area contributed by atoms with Crippen LogP contribution in [0.25, 0.3) is 11.0 Å². The number of benzene rings is 2. The van der Waals surface area contributed by atoms with Crippen molar-refractivity contribution in [3.05, 3.63) is 75.6 Å². The van der Waals surface area contributed by atoms with Crippen molar-refractivity contribution in [2.45, 2.75) is 32.3 Å². The highest BCUT2D eigenvalue weighted by molar-refractivity contribution is 5.99. The Balaban J connectivity index is 1.63. The first-order chi connectivity index (χ1) is 12.1. The van der Waals surface area contributed by atoms with E-state index in [-0.39, 0.29) is 11.4 Å². The molecule has 1 aromatic heterocycles. The SMILES string of the molecule is C[C@@H](Oc1ccc2c3c(c(=O)oc2c1)CCC3)C(=O)c1ccccc1. The van der Waals surface area contributed by atoms with Crippen LogP contribution in [-0.4, -0.2) is 11.9 Å². The Morgan fingerprint density at radius 3 is 2.64 bits per heavy atom. The van der Waals surface area contributed by atoms with Crippen LogP contribution in [0.4, 0.5) is 0 Å². The third-order valence-corrected chi connectivity index (χ3v) is 4.69. The largest absolute Gasteiger partial charge is 0.482 e. The second-order valence-electron chi connectivity index (χ2n) is 6.35. The number of hydrogen-bond donors (Lipinski definition) is 0. The van der Waals surface area contributed by atoms with E-state index in [1.807, 2.05) is 30.3 Å². The number of carbonyl (C=O) groups excluding carboxylic acids is 1. The van der Waals surface area contributed by atoms with Crippen molar-refractivity contribution >= 4 is 16.8 Å². The highest BCUT2D eigenvalue weighted by Crippen LogP contribution is 2.30. The predicted octanol–water partition coefficient (Wildman–Crippen LogP) is 3.93. The van der Waals surface area contributed by atoms with Crippen LogP contribution in [0, 0.1) is 0 Å². The van der Waals surface area contributed by atoms with Crippen LogP contribution in [0.5, 0.6) is 5.75 Å². The number of hydrogen-bond acceptors (Lipinski definition) is 4. The van der Waals surface area contributed by atoms with Crippen molar-refractivity contribution in [3.63, 3.8) is 0 Å². The van der Waals surface area contributed by atoms with E-state index in [9.17, 15) is 9.59 Å². The zero-order chi connectivity index (χ0) is 17.4. The van der Waals surface area contributed by atoms with Crippen molar-refractivity contribution in [2.24, 2.45) is 0 Å². The lowest BCUT2D eigenvalue weighted by atomic mass is 10.1. The molecule has 0 unspecified atom stereocenters. The number of carbonyl (C=O) groups is 1. The summed E-state index contributed by atoms with van der Waals surface area (Å²) in [6.07, 6.45) is 2.05. The Kier molecular flexibility index (Phi) is 3.88. The maximum absolute atomic E-state index is 12.4. The minimum Gasteiger partial charge on any atom is -0.482 e. The molecular formula is C21H18O4. The van der Waals surface area contributed by atoms with E-state index >= 15 is 0 Å². The van der Waals surface area contributed by atoms with Gasteiger partial charge in [0.1, 0.15) is 11.3 Å². The molecule has 25 heavy (non-hydrogen) atoms. The molecule has 0 aliphatic heterocycles. The summed E-state index contributed by atoms with van der Waals surface area (Å²) in [5, 5.41) is 0.960. The van der Waals surface area contributed by atoms with E-state index in [1.54, 1.807) is 25.1 Å². The lowest BCUT2D eigenvalue weighted by Gasteiger charge is -2.14. The highest BCUT2D eigenvalue weighted by Gasteiger charge is 2.21. The fourth-order valence-corrected chi connectivity index (χ4v) is 3.43. The molecule has 0 bridgehead atoms. The summed E-state index contributed by atoms with van der Waals surface area (Å²) < 4.78 is 11.2. The van der Waals surface area contributed by atoms with Gasteiger partial charge >= 0.3 is 5.63 Å². The second kappa shape index (κ2) is 6.20. The number of aryl methyl sites for hydroxylation is 1. The van der Waals surface area contributed by atoms with Crippen molar-refractivity contribution in [2.75, 3.05) is 0 Å². The first kappa shape index (κ1) is 15.6. The van der Waals surface area contributed by atoms with Crippen molar-refractivity contribution in [1.29, 1.82) is 0 Å². The van der Waals surface area contributed by atoms with E-state index in [0.29, 0.717) is 16.9 Å². The molecule has 0 N–H and O–H groups in total. The van der Waals surface area contributed by atoms with Gasteiger partial charge in [-0.1, -0.05) is 30.3 Å². The van der Waals surface area contributed by atoms with Gasteiger partial charge in [-0.3, -0.25) is 4.79 Å². The summed E-state index contributed by atoms with van der Waals surface area (Å²) in [6.45, 7) is 1.72. The fourth-order valence-electron chi connectivity index (χ4n) is 3.43. The Bertz CT molecular complexity index is 1000. The number of fused-ring (bicyclic) bond motifs is 3. The Hall–Kier alpha value is -2.88. The molecule has 1 heterocycles. The van der Waals surface area contributed by atoms with Crippen LogP contribution in [0.1, 0.15) is 34.8 Å². The maximum atomic E-state index is 12.4. The minimum atomic E-state index is -0.624. The molecule has 0 spiro atoms. The van der Waals surface area contributed by atoms with Gasteiger partial charge in [0.25, 0.3) is 0 Å². The molecule has 0 fully saturated rings. The monoisotopic (exact) mass is 334 g/mol. The zero-order valence-electron chi connectivity index (χ0n) is 14.0. The van der Waals surface area contributed by atoms with Crippen molar-refractivity contribution < 1.29 is 13.9 Å². The zero-order valence-corrected chi connectivity index (χ0v) is 14.0. The van der Waals surface area contributed by atoms with E-state index < -0.39 is 6.10 Å². The molecule has 4 heteroatoms. The van der Waals surface area contributed by atoms with Crippen LogP contribution in [-0.2, 0) is 12.8 Å². The Morgan fingerprint density at radius 1 is 1.08 bits per heavy atom. The standard InChI is InChI=1S/C21H18O4/c1-13(20(22)14-6-3-2-4-7-14)24-15-10-11-17-16-8-5-9-18(16)21(23)25-19(17)12-15/h2-4,6-7,10-13H,5,8-9H2,1H3/t13-/m1/s1. The van der Waals surface area contributed by atoms with Gasteiger partial charge in [0.2, 0.25) is 5.78 Å². The predicted molar refractivity (Wildman–Crippen MR) is 95.4 cm³/mol. The van der Waals surface area contributed by atoms with Crippen LogP contribution >= 0.6 is 0 Å². The maximum Gasteiger partial charge on any atom is 0.339 e. The summed E-state index contributed by atoms with van der Waals surface area (Å²) in [5.74, 6) is 0.432. The quantitative estimate of drug-likeness (QED) is 0.536. The molecule has 1 atom stereocenters. The van der Waals surface area contributed by atoms with Crippen molar-refractivity contribution in [1.82, 2.24) is 0 Å². The molecule has 0 saturated heterocycles. The molecule has 0 amide bonds. The lowest BCUT2D eigenvalue weighted by molar-refractivity contribution is 0.0818. The number of Topliss-reactive ketones (excluding diaryl/α,β-unsaturated/α-hetero) is 1. The summed E-state index contributed by atoms with van der Waals surface area (Å²) in [5.41, 5.74) is 2.76. The van der Waals surface area contributed by atoms with E-state index in [0.717, 1.165) is 35.8 Å². The topological polar surface area (TPSA) is 56.5 Å². The molecule has 4 nitrogen and oxygen atoms in total. The van der Waals surface area contributed by atoms with Gasteiger partial charge in [0.05, 0.1) is 0 Å². The average Bonchev–Trinajstić information content (AvgIpc) is 3.12. The summed E-state index contributed by atoms with van der Waals surface area (Å²) in [7, 11) is 0. The normalized spacial score (nSPS) is 14.3. The van der Waals surface area contributed by atoms with Gasteiger partial charge < -0.3 is 9.15 Å². The molecule has 4 rings (SSSR count). The van der Waals surface area contributed by atoms with Gasteiger partial charge in [-0.25, -0.2) is 4.79 Å². The molecule has 126 valence electrons. The third kappa shape index (κ3) is 2.84. The summed E-state index contributed by atoms with van der Waals surface area (Å²) in [4.78, 5) is 24.5. The first-order valence-electron chi connectivity index (χ1n) is 8.48. The van der Waals surface area contributed by atoms with Gasteiger partial charge in [-0.05, 0) is 43.9 Å². The molecule has 3 aromatic rings. The second-order valence-corrected chi connectivity index (χ2v) is 6.35. The minimum absolute atomic E-state index is 0.0869. The van der Waals surface area contributed by atoms with E-state index in [1.165, 1.54) is 0 Å². The molecule has 1 aliphatic carbocycles. The van der Waals surface area contributed by atoms with Crippen molar-refractivity contribution in [3.8, 4) is 5.75 Å². The summed E-state index contributed by atoms with van der Waals surface area (Å²) >= 11 is 0. The summed E-state index contributed by atoms with van der Waals surface area (Å²) in [6, 6.07) is 14.5. The Morgan fingerprint density at radius 2 is 1.84 bits per heavy atom. The van der Waals surface area contributed by atoms with Crippen LogP contribution < -0.4 is 10.4 Å². The third-order valence-electron chi connectivity index (χ3n) is 4.69. The van der Waals surface area contributed by atoms with Crippen LogP contribution in [0.2, 0.25) is 0 Å². The van der Waals surface area contributed by atoms with Crippen LogP contribution in [0.15, 0.2) is 57.7 Å². The molecule has 2 aromatic carbocycles.